The Balaban J connectivity index is 2.17. The van der Waals surface area contributed by atoms with Gasteiger partial charge >= 0.3 is 6.03 Å². The lowest BCUT2D eigenvalue weighted by Gasteiger charge is -2.32. The lowest BCUT2D eigenvalue weighted by molar-refractivity contribution is -0.126. The highest BCUT2D eigenvalue weighted by atomic mass is 79.9. The molecule has 0 bridgehead atoms. The van der Waals surface area contributed by atoms with E-state index in [4.69, 9.17) is 0 Å². The third-order valence-electron chi connectivity index (χ3n) is 2.99. The molecule has 0 saturated carbocycles. The number of amides is 3. The van der Waals surface area contributed by atoms with E-state index in [1.807, 2.05) is 0 Å². The normalized spacial score (nSPS) is 18.7. The summed E-state index contributed by atoms with van der Waals surface area (Å²) in [5.74, 6) is -1.74. The molecule has 1 aromatic rings. The molecular formula is C12H12BrF2N3O2. The molecule has 1 heterocycles. The smallest absolute Gasteiger partial charge is 0.322 e. The molecule has 20 heavy (non-hydrogen) atoms. The number of carbonyl (C=O) groups is 2. The van der Waals surface area contributed by atoms with Gasteiger partial charge in [0.25, 0.3) is 0 Å². The molecule has 1 aliphatic heterocycles. The minimum atomic E-state index is -0.770. The van der Waals surface area contributed by atoms with E-state index >= 15 is 0 Å². The van der Waals surface area contributed by atoms with Crippen molar-refractivity contribution in [2.45, 2.75) is 13.0 Å². The van der Waals surface area contributed by atoms with Crippen LogP contribution in [-0.2, 0) is 4.79 Å². The Morgan fingerprint density at radius 3 is 2.90 bits per heavy atom. The summed E-state index contributed by atoms with van der Waals surface area (Å²) in [5.41, 5.74) is -0.278. The first-order chi connectivity index (χ1) is 9.40. The zero-order valence-corrected chi connectivity index (χ0v) is 12.1. The van der Waals surface area contributed by atoms with Gasteiger partial charge in [0, 0.05) is 19.2 Å². The first-order valence-corrected chi connectivity index (χ1v) is 6.69. The molecule has 5 nitrogen and oxygen atoms in total. The van der Waals surface area contributed by atoms with E-state index in [-0.39, 0.29) is 16.1 Å². The van der Waals surface area contributed by atoms with Gasteiger partial charge in [-0.05, 0) is 28.9 Å². The molecule has 2 rings (SSSR count). The Morgan fingerprint density at radius 2 is 2.20 bits per heavy atom. The molecule has 1 fully saturated rings. The van der Waals surface area contributed by atoms with Crippen LogP contribution in [0.3, 0.4) is 0 Å². The van der Waals surface area contributed by atoms with Gasteiger partial charge in [0.15, 0.2) is 5.82 Å². The minimum Gasteiger partial charge on any atom is -0.353 e. The van der Waals surface area contributed by atoms with E-state index in [9.17, 15) is 18.4 Å². The van der Waals surface area contributed by atoms with Crippen LogP contribution in [-0.4, -0.2) is 36.0 Å². The third-order valence-corrected chi connectivity index (χ3v) is 3.57. The van der Waals surface area contributed by atoms with Crippen molar-refractivity contribution >= 4 is 33.6 Å². The number of piperazine rings is 1. The van der Waals surface area contributed by atoms with Gasteiger partial charge in [-0.2, -0.15) is 0 Å². The van der Waals surface area contributed by atoms with Crippen molar-refractivity contribution in [2.24, 2.45) is 0 Å². The predicted molar refractivity (Wildman–Crippen MR) is 72.3 cm³/mol. The van der Waals surface area contributed by atoms with Crippen LogP contribution in [0.25, 0.3) is 0 Å². The first-order valence-electron chi connectivity index (χ1n) is 5.90. The van der Waals surface area contributed by atoms with Gasteiger partial charge in [0.2, 0.25) is 5.91 Å². The summed E-state index contributed by atoms with van der Waals surface area (Å²) in [4.78, 5) is 24.8. The number of urea groups is 1. The van der Waals surface area contributed by atoms with Crippen LogP contribution in [0.4, 0.5) is 19.3 Å². The maximum absolute atomic E-state index is 13.8. The quantitative estimate of drug-likeness (QED) is 0.764. The highest BCUT2D eigenvalue weighted by molar-refractivity contribution is 9.10. The molecule has 1 aromatic carbocycles. The summed E-state index contributed by atoms with van der Waals surface area (Å²) in [7, 11) is 0. The number of hydrogen-bond donors (Lipinski definition) is 2. The second kappa shape index (κ2) is 5.74. The molecule has 1 unspecified atom stereocenters. The topological polar surface area (TPSA) is 61.4 Å². The average Bonchev–Trinajstić information content (AvgIpc) is 2.38. The fraction of sp³-hybridized carbons (Fsp3) is 0.333. The molecule has 108 valence electrons. The van der Waals surface area contributed by atoms with Crippen molar-refractivity contribution in [1.29, 1.82) is 0 Å². The van der Waals surface area contributed by atoms with E-state index in [1.54, 1.807) is 6.92 Å². The molecule has 1 aliphatic rings. The summed E-state index contributed by atoms with van der Waals surface area (Å²) in [6, 6.07) is 0.529. The zero-order valence-electron chi connectivity index (χ0n) is 10.5. The van der Waals surface area contributed by atoms with Crippen molar-refractivity contribution in [2.75, 3.05) is 18.4 Å². The van der Waals surface area contributed by atoms with E-state index in [0.717, 1.165) is 12.1 Å². The van der Waals surface area contributed by atoms with Crippen LogP contribution in [0.1, 0.15) is 6.92 Å². The summed E-state index contributed by atoms with van der Waals surface area (Å²) in [6.45, 7) is 2.19. The monoisotopic (exact) mass is 347 g/mol. The molecule has 0 aliphatic carbocycles. The van der Waals surface area contributed by atoms with Gasteiger partial charge in [-0.15, -0.1) is 0 Å². The minimum absolute atomic E-state index is 0.0859. The lowest BCUT2D eigenvalue weighted by atomic mass is 10.2. The Morgan fingerprint density at radius 1 is 1.50 bits per heavy atom. The van der Waals surface area contributed by atoms with Crippen LogP contribution in [0.2, 0.25) is 0 Å². The molecule has 1 saturated heterocycles. The van der Waals surface area contributed by atoms with Crippen molar-refractivity contribution < 1.29 is 18.4 Å². The number of nitrogens with zero attached hydrogens (tertiary/aromatic N) is 1. The Kier molecular flexibility index (Phi) is 4.22. The van der Waals surface area contributed by atoms with Gasteiger partial charge in [0.1, 0.15) is 11.9 Å². The second-order valence-corrected chi connectivity index (χ2v) is 5.19. The number of rotatable bonds is 1. The molecule has 2 N–H and O–H groups in total. The van der Waals surface area contributed by atoms with Gasteiger partial charge < -0.3 is 15.5 Å². The molecule has 0 spiro atoms. The van der Waals surface area contributed by atoms with Gasteiger partial charge in [-0.3, -0.25) is 4.79 Å². The standard InChI is InChI=1S/C12H12BrF2N3O2/c1-6-11(19)16-2-3-18(6)12(20)17-9-5-7(14)4-8(13)10(9)15/h4-6H,2-3H2,1H3,(H,16,19)(H,17,20). The van der Waals surface area contributed by atoms with Crippen LogP contribution < -0.4 is 10.6 Å². The van der Waals surface area contributed by atoms with Crippen LogP contribution >= 0.6 is 15.9 Å². The van der Waals surface area contributed by atoms with E-state index in [0.29, 0.717) is 13.1 Å². The van der Waals surface area contributed by atoms with Crippen molar-refractivity contribution in [3.8, 4) is 0 Å². The number of anilines is 1. The van der Waals surface area contributed by atoms with E-state index < -0.39 is 23.7 Å². The number of hydrogen-bond acceptors (Lipinski definition) is 2. The maximum atomic E-state index is 13.8. The fourth-order valence-electron chi connectivity index (χ4n) is 1.89. The Labute approximate surface area is 122 Å². The lowest BCUT2D eigenvalue weighted by Crippen LogP contribution is -2.56. The second-order valence-electron chi connectivity index (χ2n) is 4.34. The van der Waals surface area contributed by atoms with Crippen molar-refractivity contribution in [3.63, 3.8) is 0 Å². The summed E-state index contributed by atoms with van der Waals surface area (Å²) < 4.78 is 26.9. The molecule has 3 amide bonds. The van der Waals surface area contributed by atoms with E-state index in [1.165, 1.54) is 4.90 Å². The van der Waals surface area contributed by atoms with Gasteiger partial charge in [-0.1, -0.05) is 0 Å². The molecule has 8 heteroatoms. The number of halogens is 3. The van der Waals surface area contributed by atoms with Crippen LogP contribution in [0.5, 0.6) is 0 Å². The summed E-state index contributed by atoms with van der Waals surface area (Å²) >= 11 is 2.86. The fourth-order valence-corrected chi connectivity index (χ4v) is 2.33. The third kappa shape index (κ3) is 2.90. The molecule has 0 aromatic heterocycles. The predicted octanol–water partition coefficient (Wildman–Crippen LogP) is 2.08. The van der Waals surface area contributed by atoms with Gasteiger partial charge in [-0.25, -0.2) is 13.6 Å². The van der Waals surface area contributed by atoms with Crippen molar-refractivity contribution in [1.82, 2.24) is 10.2 Å². The maximum Gasteiger partial charge on any atom is 0.322 e. The highest BCUT2D eigenvalue weighted by Crippen LogP contribution is 2.25. The highest BCUT2D eigenvalue weighted by Gasteiger charge is 2.29. The van der Waals surface area contributed by atoms with Crippen molar-refractivity contribution in [3.05, 3.63) is 28.2 Å². The van der Waals surface area contributed by atoms with Crippen LogP contribution in [0, 0.1) is 11.6 Å². The number of nitrogens with one attached hydrogen (secondary N) is 2. The summed E-state index contributed by atoms with van der Waals surface area (Å²) in [5, 5.41) is 4.88. The molecular weight excluding hydrogens is 336 g/mol. The average molecular weight is 348 g/mol. The molecule has 0 radical (unpaired) electrons. The number of carbonyl (C=O) groups excluding carboxylic acids is 2. The zero-order chi connectivity index (χ0) is 14.9. The molecule has 1 atom stereocenters. The van der Waals surface area contributed by atoms with Gasteiger partial charge in [0.05, 0.1) is 10.2 Å². The first kappa shape index (κ1) is 14.7. The number of benzene rings is 1. The Bertz CT molecular complexity index is 568. The van der Waals surface area contributed by atoms with E-state index in [2.05, 4.69) is 26.6 Å². The largest absolute Gasteiger partial charge is 0.353 e. The summed E-state index contributed by atoms with van der Waals surface area (Å²) in [6.07, 6.45) is 0. The van der Waals surface area contributed by atoms with Crippen LogP contribution in [0.15, 0.2) is 16.6 Å². The SMILES string of the molecule is CC1C(=O)NCCN1C(=O)Nc1cc(F)cc(Br)c1F. The Hall–Kier alpha value is -1.70.